The second kappa shape index (κ2) is 11.1. The minimum atomic E-state index is 0.158. The number of rotatable bonds is 7. The van der Waals surface area contributed by atoms with Crippen LogP contribution in [0.15, 0.2) is 46.7 Å². The monoisotopic (exact) mass is 385 g/mol. The van der Waals surface area contributed by atoms with E-state index in [1.165, 1.54) is 0 Å². The molecule has 0 aromatic heterocycles. The summed E-state index contributed by atoms with van der Waals surface area (Å²) in [5.41, 5.74) is 0.907. The van der Waals surface area contributed by atoms with Crippen LogP contribution in [0.1, 0.15) is 32.6 Å². The van der Waals surface area contributed by atoms with Gasteiger partial charge in [-0.15, -0.1) is 0 Å². The third kappa shape index (κ3) is 6.08. The standard InChI is InChI=1S/C21H31N5S/c1-5-24-21(25-20-10-12-26(27-4)13-11-20)19(15-23-3)9-7-17-6-8-18(14-22)16(17)2/h5,7,9,15-18,20H,1,3,6,8,10-13H2,2,4H3,(H,24,25)/b9-7-,19-15-. The van der Waals surface area contributed by atoms with Gasteiger partial charge in [-0.25, -0.2) is 0 Å². The third-order valence-corrected chi connectivity index (χ3v) is 6.43. The molecular formula is C21H31N5S. The molecule has 1 heterocycles. The van der Waals surface area contributed by atoms with Gasteiger partial charge in [-0.1, -0.05) is 37.6 Å². The number of hydrogen-bond donors (Lipinski definition) is 1. The van der Waals surface area contributed by atoms with Crippen molar-refractivity contribution in [1.29, 1.82) is 5.26 Å². The number of amidine groups is 1. The average molecular weight is 386 g/mol. The van der Waals surface area contributed by atoms with E-state index in [1.807, 2.05) is 0 Å². The highest BCUT2D eigenvalue weighted by Gasteiger charge is 2.31. The zero-order valence-corrected chi connectivity index (χ0v) is 17.3. The number of allylic oxidation sites excluding steroid dienone is 1. The summed E-state index contributed by atoms with van der Waals surface area (Å²) in [7, 11) is 0. The molecule has 3 unspecified atom stereocenters. The fourth-order valence-corrected chi connectivity index (χ4v) is 4.36. The molecule has 0 amide bonds. The summed E-state index contributed by atoms with van der Waals surface area (Å²) in [6.07, 6.45) is 13.9. The fraction of sp³-hybridized carbons (Fsp3) is 0.571. The minimum Gasteiger partial charge on any atom is -0.347 e. The number of nitrogens with zero attached hydrogens (tertiary/aromatic N) is 4. The molecule has 2 aliphatic rings. The molecule has 1 aliphatic heterocycles. The minimum absolute atomic E-state index is 0.158. The van der Waals surface area contributed by atoms with Crippen LogP contribution in [0.3, 0.4) is 0 Å². The Kier molecular flexibility index (Phi) is 8.83. The van der Waals surface area contributed by atoms with E-state index in [0.717, 1.165) is 50.2 Å². The van der Waals surface area contributed by atoms with E-state index in [2.05, 4.69) is 59.3 Å². The van der Waals surface area contributed by atoms with Crippen LogP contribution in [0.5, 0.6) is 0 Å². The molecule has 3 atom stereocenters. The second-order valence-corrected chi connectivity index (χ2v) is 8.01. The topological polar surface area (TPSA) is 63.8 Å². The maximum atomic E-state index is 9.24. The lowest BCUT2D eigenvalue weighted by atomic mass is 9.91. The Morgan fingerprint density at radius 1 is 1.30 bits per heavy atom. The third-order valence-electron chi connectivity index (χ3n) is 5.55. The molecule has 6 heteroatoms. The quantitative estimate of drug-likeness (QED) is 0.309. The van der Waals surface area contributed by atoms with Crippen molar-refractivity contribution in [2.75, 3.05) is 19.3 Å². The number of hydrogen-bond acceptors (Lipinski definition) is 5. The summed E-state index contributed by atoms with van der Waals surface area (Å²) in [5.74, 6) is 1.75. The maximum absolute atomic E-state index is 9.24. The van der Waals surface area contributed by atoms with Gasteiger partial charge in [0.1, 0.15) is 5.84 Å². The average Bonchev–Trinajstić information content (AvgIpc) is 3.05. The van der Waals surface area contributed by atoms with Gasteiger partial charge in [0.05, 0.1) is 12.1 Å². The molecule has 0 radical (unpaired) electrons. The van der Waals surface area contributed by atoms with Gasteiger partial charge in [0.25, 0.3) is 0 Å². The molecule has 2 fully saturated rings. The van der Waals surface area contributed by atoms with Gasteiger partial charge >= 0.3 is 0 Å². The highest BCUT2D eigenvalue weighted by molar-refractivity contribution is 7.96. The molecule has 27 heavy (non-hydrogen) atoms. The number of nitrogens with one attached hydrogen (secondary N) is 1. The highest BCUT2D eigenvalue weighted by Crippen LogP contribution is 2.37. The lowest BCUT2D eigenvalue weighted by molar-refractivity contribution is 0.348. The summed E-state index contributed by atoms with van der Waals surface area (Å²) in [5, 5.41) is 12.4. The van der Waals surface area contributed by atoms with Gasteiger partial charge in [0.2, 0.25) is 0 Å². The summed E-state index contributed by atoms with van der Waals surface area (Å²) in [4.78, 5) is 8.92. The molecule has 5 nitrogen and oxygen atoms in total. The Labute approximate surface area is 168 Å². The first-order valence-corrected chi connectivity index (χ1v) is 10.8. The summed E-state index contributed by atoms with van der Waals surface area (Å²) in [6.45, 7) is 11.7. The molecular weight excluding hydrogens is 354 g/mol. The molecule has 1 saturated heterocycles. The lowest BCUT2D eigenvalue weighted by Crippen LogP contribution is -2.32. The zero-order chi connectivity index (χ0) is 19.6. The zero-order valence-electron chi connectivity index (χ0n) is 16.5. The Hall–Kier alpha value is -1.84. The molecule has 1 saturated carbocycles. The van der Waals surface area contributed by atoms with Gasteiger partial charge in [-0.2, -0.15) is 5.26 Å². The first-order valence-electron chi connectivity index (χ1n) is 9.61. The van der Waals surface area contributed by atoms with Crippen LogP contribution in [0.2, 0.25) is 0 Å². The van der Waals surface area contributed by atoms with E-state index in [4.69, 9.17) is 4.99 Å². The van der Waals surface area contributed by atoms with Crippen molar-refractivity contribution >= 4 is 24.5 Å². The van der Waals surface area contributed by atoms with Crippen molar-refractivity contribution < 1.29 is 0 Å². The van der Waals surface area contributed by atoms with Crippen LogP contribution in [0.25, 0.3) is 0 Å². The Bertz CT molecular complexity index is 637. The molecule has 0 bridgehead atoms. The van der Waals surface area contributed by atoms with Crippen molar-refractivity contribution in [1.82, 2.24) is 9.62 Å². The molecule has 1 N–H and O–H groups in total. The molecule has 0 spiro atoms. The van der Waals surface area contributed by atoms with E-state index in [0.29, 0.717) is 17.9 Å². The van der Waals surface area contributed by atoms with Gasteiger partial charge in [-0.3, -0.25) is 14.3 Å². The fourth-order valence-electron chi connectivity index (χ4n) is 3.79. The first-order chi connectivity index (χ1) is 13.1. The van der Waals surface area contributed by atoms with E-state index < -0.39 is 0 Å². The van der Waals surface area contributed by atoms with Gasteiger partial charge < -0.3 is 5.32 Å². The largest absolute Gasteiger partial charge is 0.347 e. The molecule has 146 valence electrons. The van der Waals surface area contributed by atoms with Crippen molar-refractivity contribution in [3.8, 4) is 6.07 Å². The first kappa shape index (κ1) is 21.5. The molecule has 1 aliphatic carbocycles. The highest BCUT2D eigenvalue weighted by atomic mass is 32.2. The van der Waals surface area contributed by atoms with Crippen LogP contribution in [0, 0.1) is 29.1 Å². The van der Waals surface area contributed by atoms with E-state index in [9.17, 15) is 5.26 Å². The summed E-state index contributed by atoms with van der Waals surface area (Å²) >= 11 is 1.80. The number of piperidine rings is 1. The summed E-state index contributed by atoms with van der Waals surface area (Å²) in [6, 6.07) is 2.73. The van der Waals surface area contributed by atoms with Crippen molar-refractivity contribution in [2.24, 2.45) is 27.7 Å². The van der Waals surface area contributed by atoms with Gasteiger partial charge in [0.15, 0.2) is 0 Å². The van der Waals surface area contributed by atoms with Crippen molar-refractivity contribution in [2.45, 2.75) is 38.6 Å². The SMILES string of the molecule is C=CNC(=NC1CCN(SC)CC1)C(/C=C\C1CCC(C#N)C1C)=C\N=C. The maximum Gasteiger partial charge on any atom is 0.134 e. The smallest absolute Gasteiger partial charge is 0.134 e. The lowest BCUT2D eigenvalue weighted by Gasteiger charge is -2.28. The van der Waals surface area contributed by atoms with Crippen LogP contribution in [0.4, 0.5) is 0 Å². The van der Waals surface area contributed by atoms with Crippen molar-refractivity contribution in [3.63, 3.8) is 0 Å². The number of aliphatic imine (C=N–C) groups is 2. The van der Waals surface area contributed by atoms with E-state index >= 15 is 0 Å². The van der Waals surface area contributed by atoms with Crippen LogP contribution < -0.4 is 5.32 Å². The number of nitriles is 1. The van der Waals surface area contributed by atoms with E-state index in [-0.39, 0.29) is 5.92 Å². The normalized spacial score (nSPS) is 28.3. The predicted octanol–water partition coefficient (Wildman–Crippen LogP) is 4.19. The van der Waals surface area contributed by atoms with Crippen LogP contribution in [-0.2, 0) is 0 Å². The Morgan fingerprint density at radius 3 is 2.59 bits per heavy atom. The molecule has 2 rings (SSSR count). The summed E-state index contributed by atoms with van der Waals surface area (Å²) < 4.78 is 2.38. The molecule has 0 aromatic rings. The van der Waals surface area contributed by atoms with Gasteiger partial charge in [-0.05, 0) is 56.7 Å². The van der Waals surface area contributed by atoms with Crippen LogP contribution >= 0.6 is 11.9 Å². The predicted molar refractivity (Wildman–Crippen MR) is 117 cm³/mol. The van der Waals surface area contributed by atoms with Gasteiger partial charge in [0, 0.05) is 30.8 Å². The molecule has 0 aromatic carbocycles. The van der Waals surface area contributed by atoms with Crippen LogP contribution in [-0.4, -0.2) is 42.2 Å². The Balaban J connectivity index is 2.13. The van der Waals surface area contributed by atoms with Crippen molar-refractivity contribution in [3.05, 3.63) is 36.7 Å². The second-order valence-electron chi connectivity index (χ2n) is 7.13. The Morgan fingerprint density at radius 2 is 2.04 bits per heavy atom. The van der Waals surface area contributed by atoms with E-state index in [1.54, 1.807) is 24.3 Å².